The predicted octanol–water partition coefficient (Wildman–Crippen LogP) is 5.52. The number of nitrogens with zero attached hydrogens (tertiary/aromatic N) is 1. The van der Waals surface area contributed by atoms with Crippen molar-refractivity contribution in [2.75, 3.05) is 6.54 Å². The highest BCUT2D eigenvalue weighted by Gasteiger charge is 2.55. The lowest BCUT2D eigenvalue weighted by Gasteiger charge is -2.38. The molecule has 2 heteroatoms. The lowest BCUT2D eigenvalue weighted by molar-refractivity contribution is 0.140. The first-order valence-electron chi connectivity index (χ1n) is 11.1. The summed E-state index contributed by atoms with van der Waals surface area (Å²) in [5.74, 6) is 0. The maximum Gasteiger partial charge on any atom is 0.0977 e. The summed E-state index contributed by atoms with van der Waals surface area (Å²) in [7, 11) is 0. The van der Waals surface area contributed by atoms with Crippen molar-refractivity contribution in [3.05, 3.63) is 119 Å². The minimum absolute atomic E-state index is 0.159. The Morgan fingerprint density at radius 1 is 0.800 bits per heavy atom. The molecule has 5 rings (SSSR count). The van der Waals surface area contributed by atoms with Crippen molar-refractivity contribution in [1.82, 2.24) is 4.90 Å². The van der Waals surface area contributed by atoms with Gasteiger partial charge in [0.1, 0.15) is 0 Å². The van der Waals surface area contributed by atoms with Gasteiger partial charge in [-0.15, -0.1) is 0 Å². The van der Waals surface area contributed by atoms with Crippen LogP contribution in [0.2, 0.25) is 0 Å². The molecule has 0 saturated carbocycles. The summed E-state index contributed by atoms with van der Waals surface area (Å²) >= 11 is 0. The average molecular weight is 396 g/mol. The molecule has 3 aromatic rings. The Kier molecular flexibility index (Phi) is 5.28. The van der Waals surface area contributed by atoms with E-state index in [1.54, 1.807) is 0 Å². The van der Waals surface area contributed by atoms with Crippen molar-refractivity contribution in [2.24, 2.45) is 0 Å². The number of benzene rings is 3. The third kappa shape index (κ3) is 3.40. The van der Waals surface area contributed by atoms with Crippen molar-refractivity contribution in [1.29, 1.82) is 0 Å². The maximum atomic E-state index is 11.1. The maximum absolute atomic E-state index is 11.1. The second kappa shape index (κ2) is 8.22. The molecular formula is C28H29NO. The van der Waals surface area contributed by atoms with Gasteiger partial charge in [-0.3, -0.25) is 4.90 Å². The lowest BCUT2D eigenvalue weighted by atomic mass is 9.76. The molecule has 1 unspecified atom stereocenters. The number of hydrogen-bond acceptors (Lipinski definition) is 2. The first-order chi connectivity index (χ1) is 14.8. The Balaban J connectivity index is 1.60. The molecule has 0 aromatic heterocycles. The fraction of sp³-hybridized carbons (Fsp3) is 0.286. The van der Waals surface area contributed by atoms with Crippen molar-refractivity contribution in [2.45, 2.75) is 43.4 Å². The average Bonchev–Trinajstić information content (AvgIpc) is 3.44. The SMILES string of the molecule is O[C@@H](CC1=CCCC1)[C@@H]1CN1C(c1ccccc1)(c1ccccc1)c1ccccc1. The van der Waals surface area contributed by atoms with Gasteiger partial charge in [0, 0.05) is 6.54 Å². The molecule has 3 atom stereocenters. The Hall–Kier alpha value is -2.68. The summed E-state index contributed by atoms with van der Waals surface area (Å²) in [6, 6.07) is 32.4. The summed E-state index contributed by atoms with van der Waals surface area (Å²) in [6.07, 6.45) is 6.34. The zero-order valence-corrected chi connectivity index (χ0v) is 17.3. The molecule has 3 aromatic carbocycles. The summed E-state index contributed by atoms with van der Waals surface area (Å²) in [6.45, 7) is 0.896. The third-order valence-electron chi connectivity index (χ3n) is 6.71. The van der Waals surface area contributed by atoms with Gasteiger partial charge in [-0.25, -0.2) is 0 Å². The smallest absolute Gasteiger partial charge is 0.0977 e. The third-order valence-corrected chi connectivity index (χ3v) is 6.71. The molecule has 152 valence electrons. The molecule has 1 aliphatic carbocycles. The zero-order valence-electron chi connectivity index (χ0n) is 17.3. The van der Waals surface area contributed by atoms with Gasteiger partial charge in [0.25, 0.3) is 0 Å². The number of allylic oxidation sites excluding steroid dienone is 1. The van der Waals surface area contributed by atoms with Crippen LogP contribution < -0.4 is 0 Å². The van der Waals surface area contributed by atoms with E-state index in [0.29, 0.717) is 0 Å². The van der Waals surface area contributed by atoms with Gasteiger partial charge in [-0.2, -0.15) is 0 Å². The van der Waals surface area contributed by atoms with Crippen LogP contribution in [0, 0.1) is 0 Å². The molecule has 0 radical (unpaired) electrons. The summed E-state index contributed by atoms with van der Waals surface area (Å²) in [4.78, 5) is 2.49. The molecular weight excluding hydrogens is 366 g/mol. The topological polar surface area (TPSA) is 23.2 Å². The molecule has 30 heavy (non-hydrogen) atoms. The molecule has 1 fully saturated rings. The fourth-order valence-corrected chi connectivity index (χ4v) is 5.23. The quantitative estimate of drug-likeness (QED) is 0.323. The molecule has 1 heterocycles. The van der Waals surface area contributed by atoms with Gasteiger partial charge in [-0.05, 0) is 42.4 Å². The van der Waals surface area contributed by atoms with E-state index in [1.807, 2.05) is 0 Å². The van der Waals surface area contributed by atoms with Crippen molar-refractivity contribution >= 4 is 0 Å². The minimum atomic E-state index is -0.403. The Morgan fingerprint density at radius 3 is 1.73 bits per heavy atom. The molecule has 1 aliphatic heterocycles. The number of hydrogen-bond donors (Lipinski definition) is 1. The summed E-state index contributed by atoms with van der Waals surface area (Å²) in [5.41, 5.74) is 4.77. The van der Waals surface area contributed by atoms with Crippen LogP contribution >= 0.6 is 0 Å². The monoisotopic (exact) mass is 395 g/mol. The van der Waals surface area contributed by atoms with E-state index in [1.165, 1.54) is 35.1 Å². The van der Waals surface area contributed by atoms with Crippen LogP contribution in [0.15, 0.2) is 103 Å². The Labute approximate surface area is 179 Å². The van der Waals surface area contributed by atoms with Gasteiger partial charge in [0.2, 0.25) is 0 Å². The molecule has 1 saturated heterocycles. The highest BCUT2D eigenvalue weighted by atomic mass is 16.3. The van der Waals surface area contributed by atoms with Crippen LogP contribution in [0.25, 0.3) is 0 Å². The second-order valence-corrected chi connectivity index (χ2v) is 8.55. The van der Waals surface area contributed by atoms with E-state index in [9.17, 15) is 5.11 Å². The van der Waals surface area contributed by atoms with E-state index < -0.39 is 5.54 Å². The van der Waals surface area contributed by atoms with Gasteiger partial charge in [0.05, 0.1) is 17.7 Å². The van der Waals surface area contributed by atoms with E-state index in [-0.39, 0.29) is 12.1 Å². The van der Waals surface area contributed by atoms with Gasteiger partial charge < -0.3 is 5.11 Å². The van der Waals surface area contributed by atoms with Crippen LogP contribution in [-0.4, -0.2) is 28.7 Å². The summed E-state index contributed by atoms with van der Waals surface area (Å²) < 4.78 is 0. The van der Waals surface area contributed by atoms with Crippen LogP contribution in [0.1, 0.15) is 42.4 Å². The lowest BCUT2D eigenvalue weighted by Crippen LogP contribution is -2.40. The fourth-order valence-electron chi connectivity index (χ4n) is 5.23. The molecule has 1 N–H and O–H groups in total. The van der Waals surface area contributed by atoms with Gasteiger partial charge >= 0.3 is 0 Å². The number of aliphatic hydroxyl groups is 1. The summed E-state index contributed by atoms with van der Waals surface area (Å²) in [5, 5.41) is 11.1. The van der Waals surface area contributed by atoms with Crippen LogP contribution in [0.5, 0.6) is 0 Å². The standard InChI is InChI=1S/C28H29NO/c30-27(20-22-12-10-11-13-22)26-21-29(26)28(23-14-4-1-5-15-23,24-16-6-2-7-17-24)25-18-8-3-9-19-25/h1-9,12,14-19,26-27,30H,10-11,13,20-21H2/t26-,27-,29?/m0/s1. The van der Waals surface area contributed by atoms with Gasteiger partial charge in [-0.1, -0.05) is 103 Å². The number of rotatable bonds is 7. The van der Waals surface area contributed by atoms with E-state index in [2.05, 4.69) is 102 Å². The van der Waals surface area contributed by atoms with Crippen molar-refractivity contribution in [3.63, 3.8) is 0 Å². The minimum Gasteiger partial charge on any atom is -0.391 e. The van der Waals surface area contributed by atoms with Crippen LogP contribution in [-0.2, 0) is 5.54 Å². The number of aliphatic hydroxyl groups excluding tert-OH is 1. The first-order valence-corrected chi connectivity index (χ1v) is 11.1. The molecule has 0 amide bonds. The van der Waals surface area contributed by atoms with Crippen molar-refractivity contribution < 1.29 is 5.11 Å². The predicted molar refractivity (Wildman–Crippen MR) is 122 cm³/mol. The van der Waals surface area contributed by atoms with E-state index in [4.69, 9.17) is 0 Å². The molecule has 0 spiro atoms. The van der Waals surface area contributed by atoms with E-state index in [0.717, 1.165) is 19.4 Å². The first kappa shape index (κ1) is 19.3. The zero-order chi connectivity index (χ0) is 20.4. The molecule has 2 aliphatic rings. The Morgan fingerprint density at radius 2 is 1.30 bits per heavy atom. The highest BCUT2D eigenvalue weighted by Crippen LogP contribution is 2.49. The second-order valence-electron chi connectivity index (χ2n) is 8.55. The molecule has 2 nitrogen and oxygen atoms in total. The van der Waals surface area contributed by atoms with E-state index >= 15 is 0 Å². The van der Waals surface area contributed by atoms with Crippen LogP contribution in [0.3, 0.4) is 0 Å². The normalized spacial score (nSPS) is 21.8. The van der Waals surface area contributed by atoms with Crippen LogP contribution in [0.4, 0.5) is 0 Å². The highest BCUT2D eigenvalue weighted by molar-refractivity contribution is 5.51. The van der Waals surface area contributed by atoms with Crippen molar-refractivity contribution in [3.8, 4) is 0 Å². The Bertz CT molecular complexity index is 900. The molecule has 0 bridgehead atoms. The largest absolute Gasteiger partial charge is 0.391 e. The van der Waals surface area contributed by atoms with Gasteiger partial charge in [0.15, 0.2) is 0 Å².